The predicted octanol–water partition coefficient (Wildman–Crippen LogP) is 2.97. The van der Waals surface area contributed by atoms with Gasteiger partial charge < -0.3 is 30.7 Å². The smallest absolute Gasteiger partial charge is 0.245 e. The van der Waals surface area contributed by atoms with Gasteiger partial charge in [-0.3, -0.25) is 24.1 Å². The molecule has 0 aliphatic carbocycles. The molecule has 0 radical (unpaired) electrons. The number of rotatable bonds is 7. The second-order valence-corrected chi connectivity index (χ2v) is 14.9. The number of benzene rings is 2. The van der Waals surface area contributed by atoms with Gasteiger partial charge in [0.1, 0.15) is 24.2 Å². The summed E-state index contributed by atoms with van der Waals surface area (Å²) in [6.45, 7) is 6.41. The topological polar surface area (TPSA) is 140 Å². The molecule has 2 fully saturated rings. The molecule has 2 aliphatic heterocycles. The maximum absolute atomic E-state index is 13.9. The summed E-state index contributed by atoms with van der Waals surface area (Å²) in [6, 6.07) is 20.1. The first kappa shape index (κ1) is 37.2. The Hall–Kier alpha value is -4.10. The third kappa shape index (κ3) is 9.78. The van der Waals surface area contributed by atoms with Crippen molar-refractivity contribution >= 4 is 35.0 Å². The molecule has 3 aromatic rings. The fourth-order valence-electron chi connectivity index (χ4n) is 6.46. The molecular formula is C38H49N5O6S. The maximum atomic E-state index is 13.9. The lowest BCUT2D eigenvalue weighted by molar-refractivity contribution is -0.142. The van der Waals surface area contributed by atoms with Gasteiger partial charge >= 0.3 is 0 Å². The highest BCUT2D eigenvalue weighted by Crippen LogP contribution is 2.29. The zero-order valence-electron chi connectivity index (χ0n) is 29.2. The maximum Gasteiger partial charge on any atom is 0.245 e. The van der Waals surface area contributed by atoms with Crippen molar-refractivity contribution in [1.82, 2.24) is 25.8 Å². The molecule has 11 nitrogen and oxygen atoms in total. The predicted molar refractivity (Wildman–Crippen MR) is 193 cm³/mol. The van der Waals surface area contributed by atoms with Crippen molar-refractivity contribution in [2.24, 2.45) is 5.92 Å². The van der Waals surface area contributed by atoms with E-state index in [0.717, 1.165) is 20.9 Å². The van der Waals surface area contributed by atoms with Gasteiger partial charge in [0, 0.05) is 42.9 Å². The van der Waals surface area contributed by atoms with Crippen molar-refractivity contribution in [3.05, 3.63) is 83.2 Å². The Morgan fingerprint density at radius 3 is 2.30 bits per heavy atom. The molecule has 5 rings (SSSR count). The van der Waals surface area contributed by atoms with Gasteiger partial charge in [0.25, 0.3) is 0 Å². The number of carbonyl (C=O) groups is 4. The first-order valence-corrected chi connectivity index (χ1v) is 18.2. The molecule has 1 aromatic heterocycles. The SMILES string of the molecule is CC(C)C[C@H]1NC(=O)CN(Cc2ccc(-c3ccccc3)s2)C[C@H]2OCC[C@H](NC(=O)[C@H](Cc3ccccc3)NC(=O)[C@H](C)N(C)C1=O)[C@@H]2O. The average Bonchev–Trinajstić information content (AvgIpc) is 3.57. The quantitative estimate of drug-likeness (QED) is 0.297. The summed E-state index contributed by atoms with van der Waals surface area (Å²) in [7, 11) is 1.54. The molecule has 0 unspecified atom stereocenters. The van der Waals surface area contributed by atoms with Crippen molar-refractivity contribution in [1.29, 1.82) is 0 Å². The molecular weight excluding hydrogens is 655 g/mol. The highest BCUT2D eigenvalue weighted by Gasteiger charge is 2.38. The zero-order chi connectivity index (χ0) is 35.8. The molecule has 2 saturated heterocycles. The number of amides is 4. The van der Waals surface area contributed by atoms with E-state index in [4.69, 9.17) is 4.74 Å². The largest absolute Gasteiger partial charge is 0.388 e. The van der Waals surface area contributed by atoms with Crippen LogP contribution in [-0.4, -0.2) is 102 Å². The van der Waals surface area contributed by atoms with E-state index in [2.05, 4.69) is 34.1 Å². The first-order valence-electron chi connectivity index (χ1n) is 17.3. The van der Waals surface area contributed by atoms with Crippen molar-refractivity contribution in [2.75, 3.05) is 26.7 Å². The Morgan fingerprint density at radius 1 is 0.900 bits per heavy atom. The third-order valence-corrected chi connectivity index (χ3v) is 10.5. The van der Waals surface area contributed by atoms with Crippen LogP contribution in [0.1, 0.15) is 44.1 Å². The summed E-state index contributed by atoms with van der Waals surface area (Å²) >= 11 is 1.63. The molecule has 0 spiro atoms. The number of thiophene rings is 1. The Labute approximate surface area is 298 Å². The van der Waals surface area contributed by atoms with Gasteiger partial charge in [-0.05, 0) is 48.9 Å². The summed E-state index contributed by atoms with van der Waals surface area (Å²) in [5, 5.41) is 20.3. The number of fused-ring (bicyclic) bond motifs is 2. The first-order chi connectivity index (χ1) is 24.0. The summed E-state index contributed by atoms with van der Waals surface area (Å²) < 4.78 is 6.06. The van der Waals surface area contributed by atoms with Gasteiger partial charge in [-0.1, -0.05) is 74.5 Å². The number of likely N-dealkylation sites (N-methyl/N-ethyl adjacent to an activating group) is 1. The molecule has 2 aliphatic rings. The van der Waals surface area contributed by atoms with Gasteiger partial charge in [-0.25, -0.2) is 0 Å². The van der Waals surface area contributed by atoms with Crippen LogP contribution >= 0.6 is 11.3 Å². The van der Waals surface area contributed by atoms with Crippen molar-refractivity contribution < 1.29 is 29.0 Å². The molecule has 2 bridgehead atoms. The number of carbonyl (C=O) groups excluding carboxylic acids is 4. The number of nitrogens with one attached hydrogen (secondary N) is 3. The van der Waals surface area contributed by atoms with Crippen LogP contribution in [0.2, 0.25) is 0 Å². The van der Waals surface area contributed by atoms with E-state index < -0.39 is 54.1 Å². The lowest BCUT2D eigenvalue weighted by atomic mass is 9.97. The van der Waals surface area contributed by atoms with Crippen molar-refractivity contribution in [2.45, 2.75) is 83.0 Å². The Kier molecular flexibility index (Phi) is 12.8. The average molecular weight is 704 g/mol. The van der Waals surface area contributed by atoms with Crippen LogP contribution in [0.15, 0.2) is 72.8 Å². The molecule has 0 saturated carbocycles. The summed E-state index contributed by atoms with van der Waals surface area (Å²) in [5.41, 5.74) is 1.95. The van der Waals surface area contributed by atoms with E-state index in [1.54, 1.807) is 18.3 Å². The Balaban J connectivity index is 1.45. The molecule has 12 heteroatoms. The lowest BCUT2D eigenvalue weighted by Gasteiger charge is -2.38. The number of hydrogen-bond donors (Lipinski definition) is 4. The molecule has 4 N–H and O–H groups in total. The molecule has 2 aromatic carbocycles. The van der Waals surface area contributed by atoms with Gasteiger partial charge in [-0.15, -0.1) is 11.3 Å². The third-order valence-electron chi connectivity index (χ3n) is 9.35. The van der Waals surface area contributed by atoms with Crippen LogP contribution < -0.4 is 16.0 Å². The van der Waals surface area contributed by atoms with Gasteiger partial charge in [-0.2, -0.15) is 0 Å². The Bertz CT molecular complexity index is 1600. The van der Waals surface area contributed by atoms with E-state index in [1.165, 1.54) is 11.9 Å². The second-order valence-electron chi connectivity index (χ2n) is 13.7. The summed E-state index contributed by atoms with van der Waals surface area (Å²) in [4.78, 5) is 60.4. The minimum atomic E-state index is -1.06. The van der Waals surface area contributed by atoms with E-state index in [9.17, 15) is 24.3 Å². The minimum absolute atomic E-state index is 0.0526. The summed E-state index contributed by atoms with van der Waals surface area (Å²) in [5.74, 6) is -1.60. The van der Waals surface area contributed by atoms with Crippen LogP contribution in [0.3, 0.4) is 0 Å². The number of nitrogens with zero attached hydrogens (tertiary/aromatic N) is 2. The number of aliphatic hydroxyl groups is 1. The monoisotopic (exact) mass is 703 g/mol. The lowest BCUT2D eigenvalue weighted by Crippen LogP contribution is -2.60. The van der Waals surface area contributed by atoms with Crippen LogP contribution in [-0.2, 0) is 36.9 Å². The van der Waals surface area contributed by atoms with E-state index in [1.807, 2.05) is 73.3 Å². The zero-order valence-corrected chi connectivity index (χ0v) is 30.0. The van der Waals surface area contributed by atoms with Gasteiger partial charge in [0.05, 0.1) is 18.7 Å². The molecule has 50 heavy (non-hydrogen) atoms. The van der Waals surface area contributed by atoms with E-state index in [-0.39, 0.29) is 31.3 Å². The second kappa shape index (κ2) is 17.2. The highest BCUT2D eigenvalue weighted by atomic mass is 32.1. The minimum Gasteiger partial charge on any atom is -0.388 e. The standard InChI is InChI=1S/C38H49N5O6S/c1-24(2)19-31-38(48)42(4)25(3)36(46)41-30(20-26-11-7-5-8-12-26)37(47)40-29-17-18-49-32(35(29)45)22-43(23-34(44)39-31)21-28-15-16-33(50-28)27-13-9-6-10-14-27/h5-16,24-25,29-32,35,45H,17-23H2,1-4H3,(H,39,44)(H,40,47)(H,41,46)/t25-,29-,30-,31+,32+,35-/m0/s1. The fourth-order valence-corrected chi connectivity index (χ4v) is 7.51. The van der Waals surface area contributed by atoms with Crippen LogP contribution in [0.4, 0.5) is 0 Å². The molecule has 6 atom stereocenters. The van der Waals surface area contributed by atoms with E-state index in [0.29, 0.717) is 26.0 Å². The fraction of sp³-hybridized carbons (Fsp3) is 0.474. The van der Waals surface area contributed by atoms with Crippen LogP contribution in [0.5, 0.6) is 0 Å². The van der Waals surface area contributed by atoms with E-state index >= 15 is 0 Å². The van der Waals surface area contributed by atoms with Crippen molar-refractivity contribution in [3.63, 3.8) is 0 Å². The molecule has 268 valence electrons. The Morgan fingerprint density at radius 2 is 1.60 bits per heavy atom. The number of ether oxygens (including phenoxy) is 1. The van der Waals surface area contributed by atoms with Crippen LogP contribution in [0.25, 0.3) is 10.4 Å². The van der Waals surface area contributed by atoms with Gasteiger partial charge in [0.15, 0.2) is 0 Å². The summed E-state index contributed by atoms with van der Waals surface area (Å²) in [6.07, 6.45) is -0.791. The van der Waals surface area contributed by atoms with Crippen LogP contribution in [0, 0.1) is 5.92 Å². The number of aliphatic hydroxyl groups excluding tert-OH is 1. The molecule has 3 heterocycles. The van der Waals surface area contributed by atoms with Crippen molar-refractivity contribution in [3.8, 4) is 10.4 Å². The normalized spacial score (nSPS) is 26.2. The number of hydrogen-bond acceptors (Lipinski definition) is 8. The van der Waals surface area contributed by atoms with Gasteiger partial charge in [0.2, 0.25) is 23.6 Å². The molecule has 4 amide bonds. The highest BCUT2D eigenvalue weighted by molar-refractivity contribution is 7.15.